The minimum absolute atomic E-state index is 0.00327. The van der Waals surface area contributed by atoms with Crippen LogP contribution in [-0.4, -0.2) is 22.3 Å². The zero-order valence-electron chi connectivity index (χ0n) is 15.8. The molecule has 1 aliphatic carbocycles. The van der Waals surface area contributed by atoms with Gasteiger partial charge in [0.05, 0.1) is 12.2 Å². The Morgan fingerprint density at radius 2 is 2.04 bits per heavy atom. The van der Waals surface area contributed by atoms with Crippen molar-refractivity contribution in [3.63, 3.8) is 0 Å². The molecule has 5 nitrogen and oxygen atoms in total. The van der Waals surface area contributed by atoms with E-state index in [1.807, 2.05) is 28.9 Å². The maximum absolute atomic E-state index is 12.4. The average molecular weight is 355 g/mol. The quantitative estimate of drug-likeness (QED) is 0.767. The van der Waals surface area contributed by atoms with Crippen LogP contribution in [0.4, 0.5) is 5.82 Å². The second kappa shape index (κ2) is 8.88. The van der Waals surface area contributed by atoms with Gasteiger partial charge < -0.3 is 10.1 Å². The number of hydrogen-bond acceptors (Lipinski definition) is 3. The lowest BCUT2D eigenvalue weighted by molar-refractivity contribution is -0.118. The molecule has 1 aromatic carbocycles. The molecule has 2 aromatic rings. The number of ether oxygens (including phenoxy) is 1. The van der Waals surface area contributed by atoms with Crippen molar-refractivity contribution >= 4 is 11.7 Å². The van der Waals surface area contributed by atoms with Gasteiger partial charge in [0.15, 0.2) is 6.61 Å². The molecule has 140 valence electrons. The summed E-state index contributed by atoms with van der Waals surface area (Å²) >= 11 is 0. The van der Waals surface area contributed by atoms with Crippen LogP contribution in [0, 0.1) is 0 Å². The normalized spacial score (nSPS) is 16.2. The van der Waals surface area contributed by atoms with Crippen LogP contribution in [0.2, 0.25) is 0 Å². The van der Waals surface area contributed by atoms with E-state index in [9.17, 15) is 4.79 Å². The van der Waals surface area contributed by atoms with E-state index in [4.69, 9.17) is 4.74 Å². The predicted molar refractivity (Wildman–Crippen MR) is 104 cm³/mol. The van der Waals surface area contributed by atoms with Crippen molar-refractivity contribution in [1.29, 1.82) is 0 Å². The van der Waals surface area contributed by atoms with Gasteiger partial charge in [0.1, 0.15) is 11.6 Å². The molecule has 0 saturated heterocycles. The van der Waals surface area contributed by atoms with Crippen molar-refractivity contribution in [3.05, 3.63) is 42.1 Å². The molecule has 1 saturated carbocycles. The van der Waals surface area contributed by atoms with E-state index in [1.54, 1.807) is 6.20 Å². The van der Waals surface area contributed by atoms with Gasteiger partial charge in [-0.25, -0.2) is 4.68 Å². The van der Waals surface area contributed by atoms with Crippen molar-refractivity contribution in [1.82, 2.24) is 9.78 Å². The molecule has 0 bridgehead atoms. The van der Waals surface area contributed by atoms with Crippen LogP contribution in [0.3, 0.4) is 0 Å². The monoisotopic (exact) mass is 355 g/mol. The Morgan fingerprint density at radius 3 is 2.81 bits per heavy atom. The smallest absolute Gasteiger partial charge is 0.263 e. The predicted octanol–water partition coefficient (Wildman–Crippen LogP) is 4.92. The number of aromatic nitrogens is 2. The molecule has 26 heavy (non-hydrogen) atoms. The number of amides is 1. The fraction of sp³-hybridized carbons (Fsp3) is 0.524. The SMILES string of the molecule is CCC(C)c1ccccc1OCC(=O)Nc1ccnn1C1CCCCC1. The molecule has 1 aromatic heterocycles. The highest BCUT2D eigenvalue weighted by atomic mass is 16.5. The molecule has 1 heterocycles. The molecular weight excluding hydrogens is 326 g/mol. The molecule has 1 unspecified atom stereocenters. The molecule has 1 atom stereocenters. The highest BCUT2D eigenvalue weighted by molar-refractivity contribution is 5.91. The van der Waals surface area contributed by atoms with Crippen molar-refractivity contribution in [2.24, 2.45) is 0 Å². The summed E-state index contributed by atoms with van der Waals surface area (Å²) in [5.41, 5.74) is 1.15. The third-order valence-corrected chi connectivity index (χ3v) is 5.28. The Morgan fingerprint density at radius 1 is 1.27 bits per heavy atom. The molecule has 0 spiro atoms. The van der Waals surface area contributed by atoms with Crippen molar-refractivity contribution in [2.45, 2.75) is 64.3 Å². The van der Waals surface area contributed by atoms with Gasteiger partial charge in [0, 0.05) is 6.07 Å². The zero-order valence-corrected chi connectivity index (χ0v) is 15.8. The van der Waals surface area contributed by atoms with Gasteiger partial charge in [-0.15, -0.1) is 0 Å². The highest BCUT2D eigenvalue weighted by Gasteiger charge is 2.19. The van der Waals surface area contributed by atoms with E-state index in [2.05, 4.69) is 30.3 Å². The largest absolute Gasteiger partial charge is 0.483 e. The maximum Gasteiger partial charge on any atom is 0.263 e. The minimum atomic E-state index is -0.151. The molecule has 1 amide bonds. The second-order valence-electron chi connectivity index (χ2n) is 7.14. The summed E-state index contributed by atoms with van der Waals surface area (Å²) in [6.45, 7) is 4.33. The fourth-order valence-corrected chi connectivity index (χ4v) is 3.59. The number of hydrogen-bond donors (Lipinski definition) is 1. The van der Waals surface area contributed by atoms with Crippen molar-refractivity contribution < 1.29 is 9.53 Å². The van der Waals surface area contributed by atoms with E-state index >= 15 is 0 Å². The second-order valence-corrected chi connectivity index (χ2v) is 7.14. The van der Waals surface area contributed by atoms with Crippen LogP contribution >= 0.6 is 0 Å². The van der Waals surface area contributed by atoms with Gasteiger partial charge in [0.2, 0.25) is 0 Å². The van der Waals surface area contributed by atoms with Gasteiger partial charge in [-0.3, -0.25) is 4.79 Å². The number of rotatable bonds is 7. The molecule has 0 radical (unpaired) electrons. The molecule has 1 aliphatic rings. The van der Waals surface area contributed by atoms with Crippen molar-refractivity contribution in [3.8, 4) is 5.75 Å². The highest BCUT2D eigenvalue weighted by Crippen LogP contribution is 2.30. The van der Waals surface area contributed by atoms with Crippen LogP contribution < -0.4 is 10.1 Å². The minimum Gasteiger partial charge on any atom is -0.483 e. The van der Waals surface area contributed by atoms with Gasteiger partial charge >= 0.3 is 0 Å². The van der Waals surface area contributed by atoms with Gasteiger partial charge in [0.25, 0.3) is 5.91 Å². The number of benzene rings is 1. The first-order valence-electron chi connectivity index (χ1n) is 9.74. The van der Waals surface area contributed by atoms with Crippen molar-refractivity contribution in [2.75, 3.05) is 11.9 Å². The summed E-state index contributed by atoms with van der Waals surface area (Å²) in [6, 6.07) is 10.2. The Hall–Kier alpha value is -2.30. The van der Waals surface area contributed by atoms with Crippen LogP contribution in [0.5, 0.6) is 5.75 Å². The molecule has 3 rings (SSSR count). The van der Waals surface area contributed by atoms with E-state index in [1.165, 1.54) is 19.3 Å². The zero-order chi connectivity index (χ0) is 18.4. The summed E-state index contributed by atoms with van der Waals surface area (Å²) in [5.74, 6) is 1.81. The Bertz CT molecular complexity index is 720. The number of carbonyl (C=O) groups is 1. The third kappa shape index (κ3) is 4.45. The first-order chi connectivity index (χ1) is 12.7. The summed E-state index contributed by atoms with van der Waals surface area (Å²) in [6.07, 6.45) is 8.80. The number of anilines is 1. The number of nitrogens with zero attached hydrogens (tertiary/aromatic N) is 2. The third-order valence-electron chi connectivity index (χ3n) is 5.28. The molecule has 1 N–H and O–H groups in total. The van der Waals surface area contributed by atoms with Crippen LogP contribution in [0.1, 0.15) is 69.9 Å². The fourth-order valence-electron chi connectivity index (χ4n) is 3.59. The Labute approximate surface area is 155 Å². The number of nitrogens with one attached hydrogen (secondary N) is 1. The number of carbonyl (C=O) groups excluding carboxylic acids is 1. The van der Waals surface area contributed by atoms with Gasteiger partial charge in [-0.05, 0) is 36.8 Å². The molecular formula is C21H29N3O2. The summed E-state index contributed by atoms with van der Waals surface area (Å²) in [7, 11) is 0. The lowest BCUT2D eigenvalue weighted by Crippen LogP contribution is -2.24. The maximum atomic E-state index is 12.4. The topological polar surface area (TPSA) is 56.1 Å². The van der Waals surface area contributed by atoms with E-state index in [-0.39, 0.29) is 12.5 Å². The molecule has 0 aliphatic heterocycles. The first-order valence-corrected chi connectivity index (χ1v) is 9.74. The lowest BCUT2D eigenvalue weighted by atomic mass is 9.96. The standard InChI is InChI=1S/C21H29N3O2/c1-3-16(2)18-11-7-8-12-19(18)26-15-21(25)23-20-13-14-22-24(20)17-9-5-4-6-10-17/h7-8,11-14,16-17H,3-6,9-10,15H2,1-2H3,(H,23,25). The molecule has 1 fully saturated rings. The van der Waals surface area contributed by atoms with E-state index < -0.39 is 0 Å². The Balaban J connectivity index is 1.60. The summed E-state index contributed by atoms with van der Waals surface area (Å²) in [5, 5.41) is 7.38. The van der Waals surface area contributed by atoms with Crippen LogP contribution in [0.15, 0.2) is 36.5 Å². The summed E-state index contributed by atoms with van der Waals surface area (Å²) < 4.78 is 7.78. The Kier molecular flexibility index (Phi) is 6.31. The van der Waals surface area contributed by atoms with Crippen LogP contribution in [0.25, 0.3) is 0 Å². The molecule has 5 heteroatoms. The summed E-state index contributed by atoms with van der Waals surface area (Å²) in [4.78, 5) is 12.4. The first kappa shape index (κ1) is 18.5. The van der Waals surface area contributed by atoms with Gasteiger partial charge in [-0.1, -0.05) is 51.3 Å². The van der Waals surface area contributed by atoms with E-state index in [0.717, 1.165) is 36.4 Å². The van der Waals surface area contributed by atoms with E-state index in [0.29, 0.717) is 12.0 Å². The average Bonchev–Trinajstić information content (AvgIpc) is 3.14. The van der Waals surface area contributed by atoms with Gasteiger partial charge in [-0.2, -0.15) is 5.10 Å². The van der Waals surface area contributed by atoms with Crippen LogP contribution in [-0.2, 0) is 4.79 Å². The lowest BCUT2D eigenvalue weighted by Gasteiger charge is -2.24. The number of para-hydroxylation sites is 1.